The number of aromatic nitrogens is 3. The zero-order chi connectivity index (χ0) is 26.0. The van der Waals surface area contributed by atoms with Crippen LogP contribution in [-0.2, 0) is 35.3 Å². The summed E-state index contributed by atoms with van der Waals surface area (Å²) in [5.74, 6) is 0.546. The molecular weight excluding hydrogens is 484 g/mol. The van der Waals surface area contributed by atoms with E-state index in [0.717, 1.165) is 53.1 Å². The normalized spacial score (nSPS) is 11.7. The minimum absolute atomic E-state index is 0.0440. The lowest BCUT2D eigenvalue weighted by atomic mass is 10.0. The van der Waals surface area contributed by atoms with Crippen molar-refractivity contribution in [2.24, 2.45) is 5.73 Å². The molecule has 192 valence electrons. The lowest BCUT2D eigenvalue weighted by Crippen LogP contribution is -2.14. The van der Waals surface area contributed by atoms with Gasteiger partial charge in [-0.1, -0.05) is 65.9 Å². The number of hydrogen-bond acceptors (Lipinski definition) is 6. The van der Waals surface area contributed by atoms with Crippen LogP contribution in [0.2, 0.25) is 0 Å². The molecule has 0 radical (unpaired) electrons. The van der Waals surface area contributed by atoms with E-state index in [1.807, 2.05) is 73.7 Å². The predicted molar refractivity (Wildman–Crippen MR) is 147 cm³/mol. The lowest BCUT2D eigenvalue weighted by molar-refractivity contribution is -0.116. The average Bonchev–Trinajstić information content (AvgIpc) is 3.51. The highest BCUT2D eigenvalue weighted by Gasteiger charge is 2.11. The van der Waals surface area contributed by atoms with Crippen molar-refractivity contribution in [1.82, 2.24) is 15.2 Å². The number of aromatic amines is 1. The largest absolute Gasteiger partial charge is 0.345 e. The van der Waals surface area contributed by atoms with Crippen molar-refractivity contribution in [3.63, 3.8) is 0 Å². The molecule has 5 N–H and O–H groups in total. The summed E-state index contributed by atoms with van der Waals surface area (Å²) in [6, 6.07) is 21.3. The Labute approximate surface area is 220 Å². The van der Waals surface area contributed by atoms with Crippen molar-refractivity contribution in [2.75, 3.05) is 10.6 Å². The van der Waals surface area contributed by atoms with Crippen LogP contribution in [0.4, 0.5) is 10.9 Å². The summed E-state index contributed by atoms with van der Waals surface area (Å²) in [5, 5.41) is 15.5. The summed E-state index contributed by atoms with van der Waals surface area (Å²) in [5.41, 5.74) is 9.92. The lowest BCUT2D eigenvalue weighted by Gasteiger charge is -2.07. The molecule has 0 aliphatic carbocycles. The second-order valence-corrected chi connectivity index (χ2v) is 10.1. The van der Waals surface area contributed by atoms with E-state index in [0.29, 0.717) is 17.4 Å². The molecule has 0 saturated carbocycles. The molecule has 0 bridgehead atoms. The van der Waals surface area contributed by atoms with Gasteiger partial charge in [-0.05, 0) is 55.0 Å². The number of amides is 2. The highest BCUT2D eigenvalue weighted by atomic mass is 32.1. The molecule has 37 heavy (non-hydrogen) atoms. The van der Waals surface area contributed by atoms with Gasteiger partial charge in [0.1, 0.15) is 10.8 Å². The van der Waals surface area contributed by atoms with Gasteiger partial charge in [0.15, 0.2) is 0 Å². The van der Waals surface area contributed by atoms with Crippen molar-refractivity contribution >= 4 is 34.1 Å². The van der Waals surface area contributed by atoms with Crippen LogP contribution >= 0.6 is 11.3 Å². The van der Waals surface area contributed by atoms with E-state index in [2.05, 4.69) is 25.8 Å². The number of H-pyrrole nitrogens is 1. The third kappa shape index (κ3) is 8.37. The molecule has 9 heteroatoms. The van der Waals surface area contributed by atoms with Crippen LogP contribution in [0.3, 0.4) is 0 Å². The Kier molecular flexibility index (Phi) is 9.18. The van der Waals surface area contributed by atoms with E-state index >= 15 is 0 Å². The number of unbranched alkanes of at least 4 members (excludes halogenated alkanes) is 1. The highest BCUT2D eigenvalue weighted by Crippen LogP contribution is 2.19. The first-order valence-corrected chi connectivity index (χ1v) is 13.2. The summed E-state index contributed by atoms with van der Waals surface area (Å²) < 4.78 is 0. The number of hydrogen-bond donors (Lipinski definition) is 4. The number of benzene rings is 2. The van der Waals surface area contributed by atoms with Crippen LogP contribution in [0, 0.1) is 0 Å². The SMILES string of the molecule is CC(N)c1cccc(CC(=O)Nc2nnc(CCCCc3ccc(NC(=O)Cc4ccccc4)[nH]3)s2)c1. The van der Waals surface area contributed by atoms with Crippen molar-refractivity contribution in [1.29, 1.82) is 0 Å². The van der Waals surface area contributed by atoms with E-state index in [9.17, 15) is 9.59 Å². The fourth-order valence-electron chi connectivity index (χ4n) is 3.97. The Bertz CT molecular complexity index is 1310. The average molecular weight is 517 g/mol. The molecular formula is C28H32N6O2S. The van der Waals surface area contributed by atoms with Gasteiger partial charge in [0.2, 0.25) is 16.9 Å². The van der Waals surface area contributed by atoms with E-state index in [1.54, 1.807) is 0 Å². The van der Waals surface area contributed by atoms with Gasteiger partial charge in [0.25, 0.3) is 0 Å². The highest BCUT2D eigenvalue weighted by molar-refractivity contribution is 7.15. The molecule has 0 saturated heterocycles. The molecule has 8 nitrogen and oxygen atoms in total. The first kappa shape index (κ1) is 26.2. The van der Waals surface area contributed by atoms with Crippen molar-refractivity contribution in [3.8, 4) is 0 Å². The monoisotopic (exact) mass is 516 g/mol. The Hall–Kier alpha value is -3.82. The van der Waals surface area contributed by atoms with Crippen LogP contribution < -0.4 is 16.4 Å². The maximum absolute atomic E-state index is 12.4. The van der Waals surface area contributed by atoms with Crippen LogP contribution in [0.5, 0.6) is 0 Å². The Morgan fingerprint density at radius 3 is 2.43 bits per heavy atom. The first-order valence-electron chi connectivity index (χ1n) is 12.4. The van der Waals surface area contributed by atoms with Gasteiger partial charge < -0.3 is 21.4 Å². The fourth-order valence-corrected chi connectivity index (χ4v) is 4.76. The van der Waals surface area contributed by atoms with Crippen LogP contribution in [-0.4, -0.2) is 27.0 Å². The predicted octanol–water partition coefficient (Wildman–Crippen LogP) is 4.81. The van der Waals surface area contributed by atoms with Crippen molar-refractivity contribution in [3.05, 3.63) is 94.1 Å². The molecule has 1 unspecified atom stereocenters. The third-order valence-corrected chi connectivity index (χ3v) is 6.77. The van der Waals surface area contributed by atoms with E-state index in [4.69, 9.17) is 5.73 Å². The first-order chi connectivity index (χ1) is 17.9. The van der Waals surface area contributed by atoms with Crippen molar-refractivity contribution in [2.45, 2.75) is 51.5 Å². The number of carbonyl (C=O) groups excluding carboxylic acids is 2. The number of carbonyl (C=O) groups is 2. The number of aryl methyl sites for hydroxylation is 2. The number of nitrogens with one attached hydrogen (secondary N) is 3. The molecule has 2 aromatic carbocycles. The summed E-state index contributed by atoms with van der Waals surface area (Å²) >= 11 is 1.41. The molecule has 1 atom stereocenters. The summed E-state index contributed by atoms with van der Waals surface area (Å²) in [7, 11) is 0. The molecule has 0 spiro atoms. The van der Waals surface area contributed by atoms with Crippen molar-refractivity contribution < 1.29 is 9.59 Å². The van der Waals surface area contributed by atoms with Gasteiger partial charge in [0.05, 0.1) is 12.8 Å². The number of anilines is 2. The van der Waals surface area contributed by atoms with Gasteiger partial charge in [-0.2, -0.15) is 0 Å². The molecule has 2 amide bonds. The Morgan fingerprint density at radius 1 is 0.892 bits per heavy atom. The topological polar surface area (TPSA) is 126 Å². The standard InChI is InChI=1S/C28H32N6O2S/c1-19(29)22-11-7-10-21(16-22)18-26(36)32-28-34-33-27(37-28)13-6-5-12-23-14-15-24(30-23)31-25(35)17-20-8-3-2-4-9-20/h2-4,7-11,14-16,19,30H,5-6,12-13,17-18,29H2,1H3,(H,31,35)(H,32,34,36). The zero-order valence-corrected chi connectivity index (χ0v) is 21.7. The van der Waals surface area contributed by atoms with E-state index in [1.165, 1.54) is 11.3 Å². The minimum Gasteiger partial charge on any atom is -0.345 e. The van der Waals surface area contributed by atoms with Crippen LogP contribution in [0.25, 0.3) is 0 Å². The third-order valence-electron chi connectivity index (χ3n) is 5.87. The maximum atomic E-state index is 12.4. The number of rotatable bonds is 12. The Balaban J connectivity index is 1.16. The quantitative estimate of drug-likeness (QED) is 0.201. The molecule has 0 aliphatic rings. The number of nitrogens with zero attached hydrogens (tertiary/aromatic N) is 2. The molecule has 4 rings (SSSR count). The molecule has 2 aromatic heterocycles. The summed E-state index contributed by atoms with van der Waals surface area (Å²) in [4.78, 5) is 27.9. The number of nitrogens with two attached hydrogens (primary N) is 1. The molecule has 2 heterocycles. The van der Waals surface area contributed by atoms with Crippen LogP contribution in [0.1, 0.15) is 53.2 Å². The maximum Gasteiger partial charge on any atom is 0.230 e. The fraction of sp³-hybridized carbons (Fsp3) is 0.286. The second kappa shape index (κ2) is 12.9. The Morgan fingerprint density at radius 2 is 1.62 bits per heavy atom. The van der Waals surface area contributed by atoms with Crippen LogP contribution in [0.15, 0.2) is 66.7 Å². The summed E-state index contributed by atoms with van der Waals surface area (Å²) in [6.45, 7) is 1.92. The van der Waals surface area contributed by atoms with E-state index < -0.39 is 0 Å². The van der Waals surface area contributed by atoms with E-state index in [-0.39, 0.29) is 24.3 Å². The van der Waals surface area contributed by atoms with Gasteiger partial charge in [-0.15, -0.1) is 10.2 Å². The zero-order valence-electron chi connectivity index (χ0n) is 20.9. The van der Waals surface area contributed by atoms with Gasteiger partial charge in [-0.3, -0.25) is 9.59 Å². The minimum atomic E-state index is -0.122. The van der Waals surface area contributed by atoms with Gasteiger partial charge in [0, 0.05) is 18.2 Å². The van der Waals surface area contributed by atoms with Gasteiger partial charge in [-0.25, -0.2) is 0 Å². The molecule has 4 aromatic rings. The molecule has 0 aliphatic heterocycles. The smallest absolute Gasteiger partial charge is 0.230 e. The second-order valence-electron chi connectivity index (χ2n) is 9.07. The molecule has 0 fully saturated rings. The van der Waals surface area contributed by atoms with Gasteiger partial charge >= 0.3 is 0 Å². The summed E-state index contributed by atoms with van der Waals surface area (Å²) in [6.07, 6.45) is 4.19.